The Kier molecular flexibility index (Phi) is 6.22. The van der Waals surface area contributed by atoms with Crippen LogP contribution in [-0.2, 0) is 0 Å². The molecule has 1 aliphatic heterocycles. The van der Waals surface area contributed by atoms with Crippen LogP contribution in [0.3, 0.4) is 0 Å². The first kappa shape index (κ1) is 27.9. The van der Waals surface area contributed by atoms with Gasteiger partial charge in [-0.2, -0.15) is 0 Å². The summed E-state index contributed by atoms with van der Waals surface area (Å²) in [5.41, 5.74) is 8.30. The first-order chi connectivity index (χ1) is 23.7. The van der Waals surface area contributed by atoms with Crippen LogP contribution in [0.25, 0.3) is 75.8 Å². The summed E-state index contributed by atoms with van der Waals surface area (Å²) in [6.45, 7) is 5.68. The van der Waals surface area contributed by atoms with Gasteiger partial charge < -0.3 is 4.90 Å². The maximum Gasteiger partial charge on any atom is 0.0450 e. The minimum absolute atomic E-state index is 0.548. The molecule has 0 spiro atoms. The molecule has 0 saturated carbocycles. The lowest BCUT2D eigenvalue weighted by Crippen LogP contribution is -2.15. The van der Waals surface area contributed by atoms with Crippen LogP contribution in [0.1, 0.15) is 56.1 Å². The maximum atomic E-state index is 2.57. The number of benzene rings is 7. The van der Waals surface area contributed by atoms with Crippen molar-refractivity contribution < 1.29 is 0 Å². The number of hydrogen-bond acceptors (Lipinski definition) is 1. The van der Waals surface area contributed by atoms with E-state index in [1.807, 2.05) is 0 Å². The van der Waals surface area contributed by atoms with Crippen LogP contribution >= 0.6 is 0 Å². The molecule has 1 atom stereocenters. The molecule has 0 radical (unpaired) electrons. The standard InChI is InChI=1S/C47H39N/c1-3-4-5-7-13-31-28-48(32-16-8-6-9-17-32)45-24-29(2)39(25-40(31)45)33-22-23-38-44-27-42-36-19-11-15-30-14-10-18-35(46(30)36)41(42)26-43(44)37-21-12-20-34(33)47(37)38/h6,8-12,14-27,31H,3-5,7,13,28H2,1-2H3. The second-order valence-corrected chi connectivity index (χ2v) is 14.3. The number of unbranched alkanes of at least 4 members (excludes halogenated alkanes) is 3. The highest BCUT2D eigenvalue weighted by Crippen LogP contribution is 2.49. The first-order valence-electron chi connectivity index (χ1n) is 17.9. The highest BCUT2D eigenvalue weighted by Gasteiger charge is 2.31. The molecular formula is C47H39N. The summed E-state index contributed by atoms with van der Waals surface area (Å²) in [6, 6.07) is 46.3. The summed E-state index contributed by atoms with van der Waals surface area (Å²) in [5.74, 6) is 0.548. The summed E-state index contributed by atoms with van der Waals surface area (Å²) < 4.78 is 0. The van der Waals surface area contributed by atoms with Crippen LogP contribution < -0.4 is 4.90 Å². The maximum absolute atomic E-state index is 2.57. The van der Waals surface area contributed by atoms with Gasteiger partial charge >= 0.3 is 0 Å². The fraction of sp³-hybridized carbons (Fsp3) is 0.191. The van der Waals surface area contributed by atoms with E-state index in [1.165, 1.54) is 130 Å². The van der Waals surface area contributed by atoms with Crippen molar-refractivity contribution in [3.8, 4) is 11.1 Å². The number of anilines is 2. The van der Waals surface area contributed by atoms with E-state index in [4.69, 9.17) is 0 Å². The minimum atomic E-state index is 0.548. The molecule has 0 saturated heterocycles. The smallest absolute Gasteiger partial charge is 0.0450 e. The molecule has 1 heteroatoms. The molecular weight excluding hydrogens is 579 g/mol. The van der Waals surface area contributed by atoms with Gasteiger partial charge in [0.25, 0.3) is 0 Å². The molecule has 0 aromatic heterocycles. The number of fused-ring (bicyclic) bond motifs is 7. The molecule has 0 N–H and O–H groups in total. The Balaban J connectivity index is 1.16. The number of para-hydroxylation sites is 1. The van der Waals surface area contributed by atoms with E-state index in [0.29, 0.717) is 5.92 Å². The van der Waals surface area contributed by atoms with Gasteiger partial charge in [-0.1, -0.05) is 118 Å². The zero-order chi connectivity index (χ0) is 31.9. The lowest BCUT2D eigenvalue weighted by Gasteiger charge is -2.21. The van der Waals surface area contributed by atoms with Crippen molar-refractivity contribution in [2.45, 2.75) is 51.9 Å². The largest absolute Gasteiger partial charge is 0.341 e. The van der Waals surface area contributed by atoms with Crippen LogP contribution in [-0.4, -0.2) is 6.54 Å². The van der Waals surface area contributed by atoms with Gasteiger partial charge in [-0.3, -0.25) is 0 Å². The van der Waals surface area contributed by atoms with E-state index >= 15 is 0 Å². The van der Waals surface area contributed by atoms with Crippen LogP contribution in [0.15, 0.2) is 121 Å². The van der Waals surface area contributed by atoms with Crippen molar-refractivity contribution in [3.63, 3.8) is 0 Å². The Hall–Kier alpha value is -5.14. The Bertz CT molecular complexity index is 2560. The number of hydrogen-bond donors (Lipinski definition) is 0. The van der Waals surface area contributed by atoms with E-state index in [9.17, 15) is 0 Å². The van der Waals surface area contributed by atoms with E-state index < -0.39 is 0 Å². The Morgan fingerprint density at radius 2 is 1.19 bits per heavy atom. The molecule has 0 fully saturated rings. The molecule has 1 heterocycles. The topological polar surface area (TPSA) is 3.24 Å². The molecule has 1 nitrogen and oxygen atoms in total. The van der Waals surface area contributed by atoms with Gasteiger partial charge in [0.1, 0.15) is 0 Å². The zero-order valence-electron chi connectivity index (χ0n) is 27.8. The quantitative estimate of drug-likeness (QED) is 0.161. The second kappa shape index (κ2) is 10.7. The van der Waals surface area contributed by atoms with Crippen LogP contribution in [0.4, 0.5) is 11.4 Å². The average molecular weight is 618 g/mol. The summed E-state index contributed by atoms with van der Waals surface area (Å²) in [5, 5.41) is 16.4. The number of nitrogens with zero attached hydrogens (tertiary/aromatic N) is 1. The summed E-state index contributed by atoms with van der Waals surface area (Å²) >= 11 is 0. The average Bonchev–Trinajstić information content (AvgIpc) is 3.76. The Morgan fingerprint density at radius 1 is 0.542 bits per heavy atom. The van der Waals surface area contributed by atoms with Crippen LogP contribution in [0.2, 0.25) is 0 Å². The van der Waals surface area contributed by atoms with Crippen molar-refractivity contribution in [1.82, 2.24) is 0 Å². The van der Waals surface area contributed by atoms with Gasteiger partial charge in [-0.15, -0.1) is 0 Å². The molecule has 0 amide bonds. The third kappa shape index (κ3) is 3.97. The number of rotatable bonds is 7. The molecule has 1 aliphatic rings. The van der Waals surface area contributed by atoms with Crippen molar-refractivity contribution in [2.24, 2.45) is 0 Å². The molecule has 232 valence electrons. The van der Waals surface area contributed by atoms with Gasteiger partial charge in [0.15, 0.2) is 0 Å². The van der Waals surface area contributed by atoms with Crippen LogP contribution in [0, 0.1) is 6.92 Å². The SMILES string of the molecule is CCCCCCC1CN(c2ccccc2)c2cc(C)c(-c3ccc4c5cc6c(cc5c5cccc3c54)c3cccc4cccc6c43)cc21. The van der Waals surface area contributed by atoms with Crippen LogP contribution in [0.5, 0.6) is 0 Å². The fourth-order valence-corrected chi connectivity index (χ4v) is 9.27. The monoisotopic (exact) mass is 617 g/mol. The summed E-state index contributed by atoms with van der Waals surface area (Å²) in [6.07, 6.45) is 6.48. The van der Waals surface area contributed by atoms with Crippen molar-refractivity contribution in [3.05, 3.63) is 132 Å². The lowest BCUT2D eigenvalue weighted by atomic mass is 9.88. The molecule has 48 heavy (non-hydrogen) atoms. The third-order valence-electron chi connectivity index (χ3n) is 11.5. The highest BCUT2D eigenvalue weighted by atomic mass is 15.2. The van der Waals surface area contributed by atoms with E-state index in [1.54, 1.807) is 0 Å². The molecule has 0 aliphatic carbocycles. The molecule has 9 aromatic carbocycles. The fourth-order valence-electron chi connectivity index (χ4n) is 9.27. The highest BCUT2D eigenvalue weighted by molar-refractivity contribution is 6.38. The van der Waals surface area contributed by atoms with Crippen molar-refractivity contribution in [1.29, 1.82) is 0 Å². The molecule has 9 aromatic rings. The van der Waals surface area contributed by atoms with E-state index in [0.717, 1.165) is 6.54 Å². The second-order valence-electron chi connectivity index (χ2n) is 14.3. The zero-order valence-corrected chi connectivity index (χ0v) is 27.8. The van der Waals surface area contributed by atoms with Gasteiger partial charge in [0.2, 0.25) is 0 Å². The third-order valence-corrected chi connectivity index (χ3v) is 11.5. The molecule has 10 rings (SSSR count). The molecule has 0 bridgehead atoms. The minimum Gasteiger partial charge on any atom is -0.341 e. The van der Waals surface area contributed by atoms with Gasteiger partial charge in [0.05, 0.1) is 0 Å². The predicted octanol–water partition coefficient (Wildman–Crippen LogP) is 13.7. The van der Waals surface area contributed by atoms with E-state index in [-0.39, 0.29) is 0 Å². The first-order valence-corrected chi connectivity index (χ1v) is 17.9. The Morgan fingerprint density at radius 3 is 1.90 bits per heavy atom. The van der Waals surface area contributed by atoms with Gasteiger partial charge in [-0.25, -0.2) is 0 Å². The van der Waals surface area contributed by atoms with Crippen molar-refractivity contribution >= 4 is 76.0 Å². The van der Waals surface area contributed by atoms with Crippen molar-refractivity contribution in [2.75, 3.05) is 11.4 Å². The van der Waals surface area contributed by atoms with E-state index in [2.05, 4.69) is 140 Å². The summed E-state index contributed by atoms with van der Waals surface area (Å²) in [7, 11) is 0. The molecule has 1 unspecified atom stereocenters. The Labute approximate surface area is 282 Å². The predicted molar refractivity (Wildman–Crippen MR) is 209 cm³/mol. The van der Waals surface area contributed by atoms with Gasteiger partial charge in [-0.05, 0) is 137 Å². The number of aryl methyl sites for hydroxylation is 1. The summed E-state index contributed by atoms with van der Waals surface area (Å²) in [4.78, 5) is 2.57. The normalized spacial score (nSPS) is 15.0. The van der Waals surface area contributed by atoms with Gasteiger partial charge in [0, 0.05) is 23.8 Å². The lowest BCUT2D eigenvalue weighted by molar-refractivity contribution is 0.572.